The number of nitrogens with zero attached hydrogens (tertiary/aromatic N) is 2. The fourth-order valence-corrected chi connectivity index (χ4v) is 1.15. The second kappa shape index (κ2) is 4.77. The molecule has 0 aliphatic carbocycles. The van der Waals surface area contributed by atoms with Gasteiger partial charge in [-0.3, -0.25) is 4.68 Å². The average Bonchev–Trinajstić information content (AvgIpc) is 2.63. The van der Waals surface area contributed by atoms with E-state index in [-0.39, 0.29) is 12.1 Å². The molecule has 0 spiro atoms. The molecule has 0 saturated carbocycles. The third-order valence-corrected chi connectivity index (χ3v) is 2.35. The zero-order chi connectivity index (χ0) is 11.5. The molecule has 0 atom stereocenters. The van der Waals surface area contributed by atoms with Crippen molar-refractivity contribution in [3.8, 4) is 0 Å². The van der Waals surface area contributed by atoms with E-state index in [1.807, 2.05) is 30.9 Å². The van der Waals surface area contributed by atoms with Gasteiger partial charge in [-0.25, -0.2) is 0 Å². The van der Waals surface area contributed by atoms with Gasteiger partial charge < -0.3 is 10.4 Å². The summed E-state index contributed by atoms with van der Waals surface area (Å²) in [6, 6.07) is 0.393. The lowest BCUT2D eigenvalue weighted by atomic mass is 10.1. The summed E-state index contributed by atoms with van der Waals surface area (Å²) >= 11 is 0. The Labute approximate surface area is 91.3 Å². The van der Waals surface area contributed by atoms with Crippen LogP contribution in [-0.2, 0) is 6.54 Å². The van der Waals surface area contributed by atoms with E-state index in [1.165, 1.54) is 0 Å². The summed E-state index contributed by atoms with van der Waals surface area (Å²) < 4.78 is 1.93. The van der Waals surface area contributed by atoms with E-state index in [2.05, 4.69) is 24.3 Å². The first-order valence-electron chi connectivity index (χ1n) is 5.33. The van der Waals surface area contributed by atoms with Crippen molar-refractivity contribution in [1.82, 2.24) is 15.1 Å². The van der Waals surface area contributed by atoms with E-state index in [4.69, 9.17) is 5.11 Å². The summed E-state index contributed by atoms with van der Waals surface area (Å²) in [5, 5.41) is 16.6. The van der Waals surface area contributed by atoms with Gasteiger partial charge >= 0.3 is 0 Å². The molecule has 0 fully saturated rings. The first kappa shape index (κ1) is 12.2. The average molecular weight is 211 g/mol. The lowest BCUT2D eigenvalue weighted by molar-refractivity contribution is 0.187. The van der Waals surface area contributed by atoms with Crippen LogP contribution in [0.15, 0.2) is 12.4 Å². The first-order chi connectivity index (χ1) is 6.94. The second-order valence-corrected chi connectivity index (χ2v) is 4.82. The monoisotopic (exact) mass is 211 g/mol. The maximum absolute atomic E-state index is 9.08. The first-order valence-corrected chi connectivity index (χ1v) is 5.33. The smallest absolute Gasteiger partial charge is 0.0607 e. The molecule has 0 radical (unpaired) electrons. The minimum atomic E-state index is -0.236. The zero-order valence-electron chi connectivity index (χ0n) is 9.99. The molecule has 1 rings (SSSR count). The zero-order valence-corrected chi connectivity index (χ0v) is 9.99. The number of rotatable bonds is 5. The minimum Gasteiger partial charge on any atom is -0.394 e. The molecule has 86 valence electrons. The Kier molecular flexibility index (Phi) is 3.88. The van der Waals surface area contributed by atoms with E-state index in [1.54, 1.807) is 0 Å². The highest BCUT2D eigenvalue weighted by Gasteiger charge is 2.15. The van der Waals surface area contributed by atoms with E-state index in [0.717, 1.165) is 12.1 Å². The molecular weight excluding hydrogens is 190 g/mol. The third kappa shape index (κ3) is 3.64. The lowest BCUT2D eigenvalue weighted by Gasteiger charge is -2.22. The van der Waals surface area contributed by atoms with Crippen molar-refractivity contribution in [2.45, 2.75) is 45.8 Å². The molecule has 0 aliphatic rings. The van der Waals surface area contributed by atoms with Gasteiger partial charge in [-0.05, 0) is 27.7 Å². The maximum atomic E-state index is 9.08. The summed E-state index contributed by atoms with van der Waals surface area (Å²) in [6.45, 7) is 9.01. The summed E-state index contributed by atoms with van der Waals surface area (Å²) in [5.74, 6) is 0. The lowest BCUT2D eigenvalue weighted by Crippen LogP contribution is -2.41. The fraction of sp³-hybridized carbons (Fsp3) is 0.727. The quantitative estimate of drug-likeness (QED) is 0.772. The van der Waals surface area contributed by atoms with Gasteiger partial charge in [-0.15, -0.1) is 0 Å². The molecule has 1 aromatic heterocycles. The molecule has 0 unspecified atom stereocenters. The number of aliphatic hydroxyl groups excluding tert-OH is 1. The van der Waals surface area contributed by atoms with Gasteiger partial charge in [0.15, 0.2) is 0 Å². The van der Waals surface area contributed by atoms with Crippen molar-refractivity contribution in [3.05, 3.63) is 18.0 Å². The van der Waals surface area contributed by atoms with E-state index < -0.39 is 0 Å². The number of aliphatic hydroxyl groups is 1. The van der Waals surface area contributed by atoms with Crippen LogP contribution in [0.4, 0.5) is 0 Å². The van der Waals surface area contributed by atoms with Crippen molar-refractivity contribution in [3.63, 3.8) is 0 Å². The van der Waals surface area contributed by atoms with Gasteiger partial charge in [0.1, 0.15) is 0 Å². The van der Waals surface area contributed by atoms with Gasteiger partial charge in [-0.1, -0.05) is 0 Å². The Morgan fingerprint density at radius 3 is 2.67 bits per heavy atom. The predicted molar refractivity (Wildman–Crippen MR) is 60.6 cm³/mol. The molecule has 0 aliphatic heterocycles. The van der Waals surface area contributed by atoms with Crippen LogP contribution in [0.1, 0.15) is 39.3 Å². The van der Waals surface area contributed by atoms with E-state index in [9.17, 15) is 0 Å². The molecule has 1 heterocycles. The number of hydrogen-bond acceptors (Lipinski definition) is 3. The van der Waals surface area contributed by atoms with Gasteiger partial charge in [0, 0.05) is 29.9 Å². The van der Waals surface area contributed by atoms with Crippen LogP contribution in [0.2, 0.25) is 0 Å². The molecule has 2 N–H and O–H groups in total. The van der Waals surface area contributed by atoms with Gasteiger partial charge in [0.05, 0.1) is 12.8 Å². The van der Waals surface area contributed by atoms with Crippen LogP contribution in [-0.4, -0.2) is 27.0 Å². The van der Waals surface area contributed by atoms with Gasteiger partial charge in [0.2, 0.25) is 0 Å². The molecule has 0 bridgehead atoms. The predicted octanol–water partition coefficient (Wildman–Crippen LogP) is 1.32. The topological polar surface area (TPSA) is 50.1 Å². The summed E-state index contributed by atoms with van der Waals surface area (Å²) in [7, 11) is 0. The molecule has 0 aromatic carbocycles. The summed E-state index contributed by atoms with van der Waals surface area (Å²) in [5.41, 5.74) is 0.908. The molecule has 4 heteroatoms. The second-order valence-electron chi connectivity index (χ2n) is 4.82. The summed E-state index contributed by atoms with van der Waals surface area (Å²) in [4.78, 5) is 0. The van der Waals surface area contributed by atoms with Crippen molar-refractivity contribution in [2.75, 3.05) is 6.61 Å². The highest BCUT2D eigenvalue weighted by molar-refractivity contribution is 5.04. The Morgan fingerprint density at radius 2 is 2.20 bits per heavy atom. The Bertz CT molecular complexity index is 305. The van der Waals surface area contributed by atoms with Gasteiger partial charge in [-0.2, -0.15) is 5.10 Å². The standard InChI is InChI=1S/C11H21N3O/c1-9(2)14-7-10(6-13-14)5-12-11(3,4)8-15/h6-7,9,12,15H,5,8H2,1-4H3. The summed E-state index contributed by atoms with van der Waals surface area (Å²) in [6.07, 6.45) is 3.89. The normalized spacial score (nSPS) is 12.4. The number of aromatic nitrogens is 2. The number of nitrogens with one attached hydrogen (secondary N) is 1. The van der Waals surface area contributed by atoms with Crippen molar-refractivity contribution >= 4 is 0 Å². The number of hydrogen-bond donors (Lipinski definition) is 2. The van der Waals surface area contributed by atoms with Crippen LogP contribution in [0.3, 0.4) is 0 Å². The van der Waals surface area contributed by atoms with Crippen LogP contribution in [0.5, 0.6) is 0 Å². The molecule has 15 heavy (non-hydrogen) atoms. The Hall–Kier alpha value is -0.870. The van der Waals surface area contributed by atoms with Crippen molar-refractivity contribution in [1.29, 1.82) is 0 Å². The maximum Gasteiger partial charge on any atom is 0.0607 e. The van der Waals surface area contributed by atoms with Crippen molar-refractivity contribution in [2.24, 2.45) is 0 Å². The van der Waals surface area contributed by atoms with Crippen LogP contribution in [0.25, 0.3) is 0 Å². The molecule has 0 saturated heterocycles. The molecule has 0 amide bonds. The fourth-order valence-electron chi connectivity index (χ4n) is 1.15. The van der Waals surface area contributed by atoms with Crippen LogP contribution in [0, 0.1) is 0 Å². The Balaban J connectivity index is 2.51. The molecule has 4 nitrogen and oxygen atoms in total. The molecular formula is C11H21N3O. The highest BCUT2D eigenvalue weighted by atomic mass is 16.3. The minimum absolute atomic E-state index is 0.130. The largest absolute Gasteiger partial charge is 0.394 e. The van der Waals surface area contributed by atoms with E-state index >= 15 is 0 Å². The SMILES string of the molecule is CC(C)n1cc(CNC(C)(C)CO)cn1. The van der Waals surface area contributed by atoms with E-state index in [0.29, 0.717) is 6.04 Å². The van der Waals surface area contributed by atoms with Crippen molar-refractivity contribution < 1.29 is 5.11 Å². The third-order valence-electron chi connectivity index (χ3n) is 2.35. The van der Waals surface area contributed by atoms with Crippen LogP contribution >= 0.6 is 0 Å². The highest BCUT2D eigenvalue weighted by Crippen LogP contribution is 2.07. The molecule has 1 aromatic rings. The van der Waals surface area contributed by atoms with Gasteiger partial charge in [0.25, 0.3) is 0 Å². The Morgan fingerprint density at radius 1 is 1.53 bits per heavy atom. The van der Waals surface area contributed by atoms with Crippen LogP contribution < -0.4 is 5.32 Å².